The van der Waals surface area contributed by atoms with Crippen molar-refractivity contribution in [3.8, 4) is 5.75 Å². The number of carboxylic acids is 1. The Hall–Kier alpha value is -2.83. The minimum atomic E-state index is -0.834. The fourth-order valence-corrected chi connectivity index (χ4v) is 4.80. The number of hydrogen-bond donors (Lipinski definition) is 1. The molecule has 1 N–H and O–H groups in total. The molecule has 4 rings (SSSR count). The number of hydrogen-bond acceptors (Lipinski definition) is 4. The van der Waals surface area contributed by atoms with Crippen LogP contribution in [-0.4, -0.2) is 17.6 Å². The second-order valence-corrected chi connectivity index (χ2v) is 8.53. The summed E-state index contributed by atoms with van der Waals surface area (Å²) in [5.74, 6) is 0.532. The van der Waals surface area contributed by atoms with Crippen LogP contribution < -0.4 is 14.2 Å². The van der Waals surface area contributed by atoms with E-state index in [0.717, 1.165) is 39.1 Å². The molecular formula is C23H22ClN2O3S+. The first-order chi connectivity index (χ1) is 14.5. The summed E-state index contributed by atoms with van der Waals surface area (Å²) in [6.45, 7) is 5.30. The van der Waals surface area contributed by atoms with Crippen molar-refractivity contribution in [1.29, 1.82) is 0 Å². The number of fused-ring (bicyclic) bond motifs is 2. The molecule has 0 saturated carbocycles. The largest absolute Gasteiger partial charge is 0.481 e. The Morgan fingerprint density at radius 2 is 2.13 bits per heavy atom. The van der Waals surface area contributed by atoms with E-state index < -0.39 is 5.97 Å². The molecule has 5 nitrogen and oxygen atoms in total. The molecule has 0 bridgehead atoms. The predicted molar refractivity (Wildman–Crippen MR) is 121 cm³/mol. The Morgan fingerprint density at radius 3 is 2.90 bits per heavy atom. The average Bonchev–Trinajstić information content (AvgIpc) is 3.22. The maximum atomic E-state index is 11.1. The first-order valence-electron chi connectivity index (χ1n) is 9.74. The van der Waals surface area contributed by atoms with Gasteiger partial charge < -0.3 is 14.7 Å². The van der Waals surface area contributed by atoms with Crippen LogP contribution in [0.15, 0.2) is 54.4 Å². The number of carboxylic acid groups (broad SMARTS) is 1. The lowest BCUT2D eigenvalue weighted by Gasteiger charge is -2.17. The van der Waals surface area contributed by atoms with E-state index in [4.69, 9.17) is 21.4 Å². The Kier molecular flexibility index (Phi) is 5.79. The highest BCUT2D eigenvalue weighted by Crippen LogP contribution is 2.39. The van der Waals surface area contributed by atoms with E-state index >= 15 is 0 Å². The Bertz CT molecular complexity index is 1180. The number of rotatable bonds is 6. The zero-order chi connectivity index (χ0) is 21.3. The molecular weight excluding hydrogens is 420 g/mol. The molecule has 0 radical (unpaired) electrons. The van der Waals surface area contributed by atoms with Gasteiger partial charge >= 0.3 is 5.97 Å². The van der Waals surface area contributed by atoms with Crippen LogP contribution in [0.25, 0.3) is 16.3 Å². The quantitative estimate of drug-likeness (QED) is 0.520. The summed E-state index contributed by atoms with van der Waals surface area (Å²) in [5, 5.41) is 11.0. The summed E-state index contributed by atoms with van der Waals surface area (Å²) < 4.78 is 9.39. The molecule has 0 amide bonds. The zero-order valence-corrected chi connectivity index (χ0v) is 18.3. The predicted octanol–water partition coefficient (Wildman–Crippen LogP) is 5.40. The lowest BCUT2D eigenvalue weighted by Crippen LogP contribution is -2.33. The van der Waals surface area contributed by atoms with Crippen molar-refractivity contribution in [1.82, 2.24) is 0 Å². The third-order valence-electron chi connectivity index (χ3n) is 4.92. The number of nitrogens with zero attached hydrogens (tertiary/aromatic N) is 2. The summed E-state index contributed by atoms with van der Waals surface area (Å²) in [5.41, 5.74) is 3.11. The summed E-state index contributed by atoms with van der Waals surface area (Å²) in [4.78, 5) is 13.0. The van der Waals surface area contributed by atoms with E-state index in [1.807, 2.05) is 66.4 Å². The number of aromatic nitrogens is 1. The topological polar surface area (TPSA) is 53.7 Å². The van der Waals surface area contributed by atoms with Crippen molar-refractivity contribution in [3.63, 3.8) is 0 Å². The highest BCUT2D eigenvalue weighted by atomic mass is 35.5. The lowest BCUT2D eigenvalue weighted by molar-refractivity contribution is -0.665. The maximum absolute atomic E-state index is 11.1. The van der Waals surface area contributed by atoms with Gasteiger partial charge in [0.2, 0.25) is 11.4 Å². The van der Waals surface area contributed by atoms with Crippen molar-refractivity contribution in [2.45, 2.75) is 26.8 Å². The highest BCUT2D eigenvalue weighted by Gasteiger charge is 2.26. The van der Waals surface area contributed by atoms with E-state index in [-0.39, 0.29) is 6.42 Å². The first kappa shape index (κ1) is 20.4. The lowest BCUT2D eigenvalue weighted by atomic mass is 10.2. The van der Waals surface area contributed by atoms with E-state index in [2.05, 4.69) is 11.5 Å². The standard InChI is InChI=1S/C23H21ClN2O3S/c1-3-25-18-14-16(24)8-10-20(18)30-22(25)6-4-5-21-26(12-11-23(27)28)17-13-15(2)7-9-19(17)29-21/h4-10,13-14H,3,11-12H2,1-2H3/p+1. The molecule has 0 spiro atoms. The number of aryl methyl sites for hydroxylation is 2. The average molecular weight is 442 g/mol. The summed E-state index contributed by atoms with van der Waals surface area (Å²) in [7, 11) is 0. The van der Waals surface area contributed by atoms with Crippen LogP contribution in [0, 0.1) is 6.92 Å². The number of allylic oxidation sites excluding steroid dienone is 2. The van der Waals surface area contributed by atoms with Crippen LogP contribution >= 0.6 is 22.9 Å². The molecule has 2 heterocycles. The van der Waals surface area contributed by atoms with Gasteiger partial charge in [-0.05, 0) is 55.8 Å². The number of ether oxygens (including phenoxy) is 1. The minimum absolute atomic E-state index is 0.0324. The minimum Gasteiger partial charge on any atom is -0.481 e. The fourth-order valence-electron chi connectivity index (χ4n) is 3.51. The number of halogens is 1. The van der Waals surface area contributed by atoms with Gasteiger partial charge in [-0.3, -0.25) is 4.79 Å². The van der Waals surface area contributed by atoms with Gasteiger partial charge in [0.05, 0.1) is 12.1 Å². The molecule has 3 aromatic rings. The van der Waals surface area contributed by atoms with Gasteiger partial charge in [0, 0.05) is 23.7 Å². The molecule has 0 saturated heterocycles. The van der Waals surface area contributed by atoms with Gasteiger partial charge in [0.1, 0.15) is 11.2 Å². The zero-order valence-electron chi connectivity index (χ0n) is 16.8. The molecule has 0 aliphatic carbocycles. The van der Waals surface area contributed by atoms with Crippen molar-refractivity contribution < 1.29 is 19.2 Å². The monoisotopic (exact) mass is 441 g/mol. The maximum Gasteiger partial charge on any atom is 0.305 e. The molecule has 2 aromatic carbocycles. The van der Waals surface area contributed by atoms with Gasteiger partial charge in [-0.2, -0.15) is 4.57 Å². The third-order valence-corrected chi connectivity index (χ3v) is 6.29. The van der Waals surface area contributed by atoms with E-state index in [0.29, 0.717) is 12.4 Å². The van der Waals surface area contributed by atoms with Crippen molar-refractivity contribution in [2.75, 3.05) is 11.4 Å². The van der Waals surface area contributed by atoms with Crippen LogP contribution in [-0.2, 0) is 11.3 Å². The highest BCUT2D eigenvalue weighted by molar-refractivity contribution is 7.18. The van der Waals surface area contributed by atoms with E-state index in [1.165, 1.54) is 4.70 Å². The molecule has 0 unspecified atom stereocenters. The molecule has 1 aliphatic rings. The molecule has 154 valence electrons. The smallest absolute Gasteiger partial charge is 0.305 e. The first-order valence-corrected chi connectivity index (χ1v) is 10.9. The summed E-state index contributed by atoms with van der Waals surface area (Å²) >= 11 is 7.87. The number of benzene rings is 2. The van der Waals surface area contributed by atoms with Crippen LogP contribution in [0.3, 0.4) is 0 Å². The van der Waals surface area contributed by atoms with Gasteiger partial charge in [-0.25, -0.2) is 0 Å². The third kappa shape index (κ3) is 4.06. The number of carbonyl (C=O) groups is 1. The van der Waals surface area contributed by atoms with Crippen LogP contribution in [0.4, 0.5) is 5.69 Å². The van der Waals surface area contributed by atoms with E-state index in [9.17, 15) is 4.79 Å². The van der Waals surface area contributed by atoms with Gasteiger partial charge in [0.15, 0.2) is 5.75 Å². The number of thiazole rings is 1. The van der Waals surface area contributed by atoms with Crippen LogP contribution in [0.5, 0.6) is 5.75 Å². The Labute approximate surface area is 184 Å². The molecule has 0 fully saturated rings. The van der Waals surface area contributed by atoms with Gasteiger partial charge in [0.25, 0.3) is 5.01 Å². The van der Waals surface area contributed by atoms with Crippen molar-refractivity contribution >= 4 is 50.9 Å². The number of aliphatic carboxylic acids is 1. The summed E-state index contributed by atoms with van der Waals surface area (Å²) in [6, 6.07) is 11.9. The normalized spacial score (nSPS) is 14.6. The van der Waals surface area contributed by atoms with Crippen molar-refractivity contribution in [3.05, 3.63) is 70.0 Å². The van der Waals surface area contributed by atoms with Crippen LogP contribution in [0.2, 0.25) is 5.02 Å². The Morgan fingerprint density at radius 1 is 1.30 bits per heavy atom. The van der Waals surface area contributed by atoms with Crippen molar-refractivity contribution in [2.24, 2.45) is 0 Å². The van der Waals surface area contributed by atoms with E-state index in [1.54, 1.807) is 11.3 Å². The summed E-state index contributed by atoms with van der Waals surface area (Å²) in [6.07, 6.45) is 5.90. The van der Waals surface area contributed by atoms with Gasteiger partial charge in [-0.1, -0.05) is 29.0 Å². The molecule has 1 aromatic heterocycles. The second-order valence-electron chi connectivity index (χ2n) is 7.03. The SMILES string of the molecule is CC[n+]1c(C=CC=C2Oc3ccc(C)cc3N2CCC(=O)O)sc2ccc(Cl)cc21. The fraction of sp³-hybridized carbons (Fsp3) is 0.217. The molecule has 1 aliphatic heterocycles. The van der Waals surface area contributed by atoms with Crippen LogP contribution in [0.1, 0.15) is 23.9 Å². The Balaban J connectivity index is 1.64. The second kappa shape index (κ2) is 8.50. The molecule has 7 heteroatoms. The molecule has 0 atom stereocenters. The van der Waals surface area contributed by atoms with Gasteiger partial charge in [-0.15, -0.1) is 0 Å². The molecule has 30 heavy (non-hydrogen) atoms. The number of anilines is 1.